The highest BCUT2D eigenvalue weighted by Gasteiger charge is 1.29. The minimum absolute atomic E-state index is 1.31. The van der Waals surface area contributed by atoms with E-state index in [-0.39, 0.29) is 0 Å². The molecule has 0 fully saturated rings. The quantitative estimate of drug-likeness (QED) is 0.228. The summed E-state index contributed by atoms with van der Waals surface area (Å²) >= 11 is 0. The van der Waals surface area contributed by atoms with Crippen LogP contribution >= 0.6 is 0 Å². The summed E-state index contributed by atoms with van der Waals surface area (Å²) in [5.74, 6) is 0. The molecular formula is C3H9NOSi. The zero-order chi connectivity index (χ0) is 5.41. The Hall–Kier alpha value is -0.403. The lowest BCUT2D eigenvalue weighted by Gasteiger charge is -1.36. The van der Waals surface area contributed by atoms with E-state index in [0.29, 0.717) is 0 Å². The number of hydrogen-bond donors (Lipinski definition) is 0. The maximum atomic E-state index is 8.88. The van der Waals surface area contributed by atoms with E-state index < -0.39 is 0 Å². The molecule has 0 rings (SSSR count). The van der Waals surface area contributed by atoms with Crippen LogP contribution < -0.4 is 0 Å². The van der Waals surface area contributed by atoms with Crippen molar-refractivity contribution in [3.05, 3.63) is 0 Å². The molecular weight excluding hydrogens is 94.1 g/mol. The van der Waals surface area contributed by atoms with E-state index in [4.69, 9.17) is 4.79 Å². The van der Waals surface area contributed by atoms with Crippen LogP contribution in [0.5, 0.6) is 0 Å². The third-order valence-electron chi connectivity index (χ3n) is 0.0913. The average Bonchev–Trinajstić information content (AvgIpc) is 1.72. The summed E-state index contributed by atoms with van der Waals surface area (Å²) in [5, 5.41) is 0. The van der Waals surface area contributed by atoms with Gasteiger partial charge in [0.15, 0.2) is 0 Å². The van der Waals surface area contributed by atoms with Crippen molar-refractivity contribution in [1.29, 1.82) is 0 Å². The molecule has 0 aliphatic carbocycles. The Bertz CT molecular complexity index is 48.8. The minimum atomic E-state index is 1.31. The predicted octanol–water partition coefficient (Wildman–Crippen LogP) is -0.648. The summed E-state index contributed by atoms with van der Waals surface area (Å²) < 4.78 is 0. The van der Waals surface area contributed by atoms with Crippen molar-refractivity contribution in [3.63, 3.8) is 0 Å². The lowest BCUT2D eigenvalue weighted by molar-refractivity contribution is 0.564. The molecule has 0 saturated heterocycles. The monoisotopic (exact) mass is 103 g/mol. The van der Waals surface area contributed by atoms with E-state index in [1.54, 1.807) is 0 Å². The number of nitrogens with zero attached hydrogens (tertiary/aromatic N) is 1. The van der Waals surface area contributed by atoms with Gasteiger partial charge in [0.1, 0.15) is 0 Å². The maximum absolute atomic E-state index is 8.88. The molecule has 0 aliphatic heterocycles. The summed E-state index contributed by atoms with van der Waals surface area (Å²) in [4.78, 5) is 11.8. The molecule has 0 radical (unpaired) electrons. The maximum Gasteiger partial charge on any atom is 0.234 e. The van der Waals surface area contributed by atoms with Gasteiger partial charge in [-0.3, -0.25) is 0 Å². The molecule has 0 unspecified atom stereocenters. The second-order valence-electron chi connectivity index (χ2n) is 0.315. The minimum Gasteiger partial charge on any atom is -0.211 e. The molecule has 0 spiro atoms. The van der Waals surface area contributed by atoms with Gasteiger partial charge in [0.25, 0.3) is 0 Å². The number of hydrogen-bond acceptors (Lipinski definition) is 2. The van der Waals surface area contributed by atoms with Crippen LogP contribution in [0.2, 0.25) is 6.55 Å². The highest BCUT2D eigenvalue weighted by molar-refractivity contribution is 6.05. The summed E-state index contributed by atoms with van der Waals surface area (Å²) in [5.41, 5.74) is 0. The second-order valence-corrected chi connectivity index (χ2v) is 0.315. The first-order chi connectivity index (χ1) is 2.91. The third kappa shape index (κ3) is 68.1. The average molecular weight is 103 g/mol. The molecule has 0 heterocycles. The van der Waals surface area contributed by atoms with Crippen LogP contribution in [0.4, 0.5) is 0 Å². The fourth-order valence-electron chi connectivity index (χ4n) is 0. The second kappa shape index (κ2) is 23.3. The zero-order valence-electron chi connectivity index (χ0n) is 4.36. The number of isocyanates is 1. The summed E-state index contributed by atoms with van der Waals surface area (Å²) in [7, 11) is 2.69. The normalized spacial score (nSPS) is 4.33. The Labute approximate surface area is 40.7 Å². The molecule has 0 aromatic carbocycles. The van der Waals surface area contributed by atoms with E-state index in [1.165, 1.54) is 23.4 Å². The van der Waals surface area contributed by atoms with Crippen LogP contribution in [0.1, 0.15) is 0 Å². The molecule has 0 saturated carbocycles. The summed E-state index contributed by atoms with van der Waals surface area (Å²) in [6, 6.07) is 0. The van der Waals surface area contributed by atoms with Gasteiger partial charge in [-0.05, 0) is 10.2 Å². The molecule has 0 aromatic heterocycles. The van der Waals surface area contributed by atoms with Crippen molar-refractivity contribution in [3.8, 4) is 0 Å². The first-order valence-corrected chi connectivity index (χ1v) is 3.87. The number of carbonyl (C=O) groups excluding carboxylic acids is 1. The number of rotatable bonds is 0. The van der Waals surface area contributed by atoms with Gasteiger partial charge >= 0.3 is 0 Å². The van der Waals surface area contributed by atoms with Crippen molar-refractivity contribution in [2.45, 2.75) is 6.55 Å². The molecule has 36 valence electrons. The molecule has 3 heteroatoms. The predicted molar refractivity (Wildman–Crippen MR) is 29.8 cm³/mol. The Morgan fingerprint density at radius 3 is 1.83 bits per heavy atom. The van der Waals surface area contributed by atoms with Gasteiger partial charge in [0, 0.05) is 7.05 Å². The third-order valence-corrected chi connectivity index (χ3v) is 0.0913. The highest BCUT2D eigenvalue weighted by Crippen LogP contribution is 1.28. The van der Waals surface area contributed by atoms with Crippen LogP contribution in [-0.4, -0.2) is 23.4 Å². The van der Waals surface area contributed by atoms with Crippen LogP contribution in [0.3, 0.4) is 0 Å². The van der Waals surface area contributed by atoms with E-state index >= 15 is 0 Å². The Balaban J connectivity index is 0. The molecule has 0 atom stereocenters. The van der Waals surface area contributed by atoms with Gasteiger partial charge in [-0.2, -0.15) is 0 Å². The van der Waals surface area contributed by atoms with E-state index in [9.17, 15) is 0 Å². The van der Waals surface area contributed by atoms with Gasteiger partial charge < -0.3 is 0 Å². The first-order valence-electron chi connectivity index (χ1n) is 1.87. The van der Waals surface area contributed by atoms with Gasteiger partial charge in [0.2, 0.25) is 6.08 Å². The van der Waals surface area contributed by atoms with Crippen LogP contribution in [-0.2, 0) is 4.79 Å². The SMILES string of the molecule is CN=C=O.C[SiH3]. The van der Waals surface area contributed by atoms with E-state index in [1.807, 2.05) is 0 Å². The van der Waals surface area contributed by atoms with Crippen molar-refractivity contribution in [2.24, 2.45) is 4.99 Å². The number of aliphatic imine (C=N–C) groups is 1. The molecule has 0 amide bonds. The first kappa shape index (κ1) is 9.14. The zero-order valence-corrected chi connectivity index (χ0v) is 6.36. The molecule has 0 aromatic rings. The Morgan fingerprint density at radius 1 is 1.67 bits per heavy atom. The van der Waals surface area contributed by atoms with Crippen LogP contribution in [0, 0.1) is 0 Å². The molecule has 0 bridgehead atoms. The van der Waals surface area contributed by atoms with Crippen molar-refractivity contribution < 1.29 is 4.79 Å². The standard InChI is InChI=1S/C2H3NO.CH6Si/c1-3-2-4;1-2/h1H3;1-2H3. The molecule has 0 N–H and O–H groups in total. The molecule has 2 nitrogen and oxygen atoms in total. The Morgan fingerprint density at radius 2 is 1.83 bits per heavy atom. The van der Waals surface area contributed by atoms with Crippen molar-refractivity contribution in [2.75, 3.05) is 7.05 Å². The Kier molecular flexibility index (Phi) is 35.5. The molecule has 0 aliphatic rings. The smallest absolute Gasteiger partial charge is 0.211 e. The van der Waals surface area contributed by atoms with Gasteiger partial charge in [-0.1, -0.05) is 6.55 Å². The lowest BCUT2D eigenvalue weighted by Crippen LogP contribution is -1.38. The van der Waals surface area contributed by atoms with Gasteiger partial charge in [0.05, 0.1) is 0 Å². The topological polar surface area (TPSA) is 29.4 Å². The fourth-order valence-corrected chi connectivity index (χ4v) is 0. The van der Waals surface area contributed by atoms with Crippen LogP contribution in [0.25, 0.3) is 0 Å². The lowest BCUT2D eigenvalue weighted by atomic mass is 11.4. The fraction of sp³-hybridized carbons (Fsp3) is 0.667. The van der Waals surface area contributed by atoms with Crippen LogP contribution in [0.15, 0.2) is 4.99 Å². The van der Waals surface area contributed by atoms with Gasteiger partial charge in [-0.25, -0.2) is 9.79 Å². The van der Waals surface area contributed by atoms with Gasteiger partial charge in [-0.15, -0.1) is 0 Å². The largest absolute Gasteiger partial charge is 0.234 e. The highest BCUT2D eigenvalue weighted by atomic mass is 28.1. The summed E-state index contributed by atoms with van der Waals surface area (Å²) in [6.45, 7) is 2.14. The van der Waals surface area contributed by atoms with Crippen molar-refractivity contribution >= 4 is 16.3 Å². The summed E-state index contributed by atoms with van der Waals surface area (Å²) in [6.07, 6.45) is 1.31. The van der Waals surface area contributed by atoms with E-state index in [2.05, 4.69) is 11.5 Å². The van der Waals surface area contributed by atoms with Crippen molar-refractivity contribution in [1.82, 2.24) is 0 Å². The molecule has 6 heavy (non-hydrogen) atoms. The van der Waals surface area contributed by atoms with E-state index in [0.717, 1.165) is 0 Å².